The van der Waals surface area contributed by atoms with E-state index in [4.69, 9.17) is 39.5 Å². The highest BCUT2D eigenvalue weighted by Crippen LogP contribution is 2.35. The molecule has 2 heterocycles. The molecule has 40 heavy (non-hydrogen) atoms. The van der Waals surface area contributed by atoms with Crippen molar-refractivity contribution in [1.29, 1.82) is 0 Å². The number of hydrogen-bond donors (Lipinski definition) is 0. The fourth-order valence-corrected chi connectivity index (χ4v) is 5.99. The van der Waals surface area contributed by atoms with Crippen LogP contribution in [0.4, 0.5) is 4.79 Å². The summed E-state index contributed by atoms with van der Waals surface area (Å²) in [7, 11) is 1.79. The van der Waals surface area contributed by atoms with Crippen LogP contribution >= 0.6 is 34.8 Å². The molecule has 0 bridgehead atoms. The van der Waals surface area contributed by atoms with Crippen LogP contribution in [0.2, 0.25) is 15.1 Å². The highest BCUT2D eigenvalue weighted by molar-refractivity contribution is 6.42. The van der Waals surface area contributed by atoms with E-state index in [-0.39, 0.29) is 23.8 Å². The van der Waals surface area contributed by atoms with Crippen molar-refractivity contribution in [3.8, 4) is 0 Å². The van der Waals surface area contributed by atoms with E-state index >= 15 is 0 Å². The minimum Gasteiger partial charge on any atom is -0.444 e. The van der Waals surface area contributed by atoms with Crippen molar-refractivity contribution in [3.05, 3.63) is 68.7 Å². The van der Waals surface area contributed by atoms with Crippen LogP contribution in [-0.4, -0.2) is 77.0 Å². The van der Waals surface area contributed by atoms with E-state index in [1.165, 1.54) is 0 Å². The SMILES string of the molecule is CN(C(=O)c1ccc(Cl)cc1)[C@@H]1CCN(C(=O)C2CCCCN2C(=O)OC(C)(C)C)C[C@H]1c1ccc(Cl)c(Cl)c1. The Morgan fingerprint density at radius 1 is 0.925 bits per heavy atom. The number of nitrogens with zero attached hydrogens (tertiary/aromatic N) is 3. The predicted octanol–water partition coefficient (Wildman–Crippen LogP) is 6.89. The van der Waals surface area contributed by atoms with Gasteiger partial charge in [-0.2, -0.15) is 0 Å². The second kappa shape index (κ2) is 12.6. The van der Waals surface area contributed by atoms with Crippen LogP contribution in [0.1, 0.15) is 68.3 Å². The van der Waals surface area contributed by atoms with Gasteiger partial charge in [0.05, 0.1) is 10.0 Å². The van der Waals surface area contributed by atoms with Gasteiger partial charge in [-0.25, -0.2) is 4.79 Å². The summed E-state index contributed by atoms with van der Waals surface area (Å²) in [4.78, 5) is 45.5. The van der Waals surface area contributed by atoms with E-state index in [0.29, 0.717) is 53.1 Å². The number of carbonyl (C=O) groups excluding carboxylic acids is 3. The minimum atomic E-state index is -0.652. The molecule has 0 aliphatic carbocycles. The van der Waals surface area contributed by atoms with E-state index in [0.717, 1.165) is 18.4 Å². The smallest absolute Gasteiger partial charge is 0.410 e. The summed E-state index contributed by atoms with van der Waals surface area (Å²) in [5.74, 6) is -0.442. The third-order valence-electron chi connectivity index (χ3n) is 7.58. The molecule has 2 saturated heterocycles. The summed E-state index contributed by atoms with van der Waals surface area (Å²) in [5.41, 5.74) is 0.773. The molecule has 10 heteroatoms. The molecule has 0 radical (unpaired) electrons. The summed E-state index contributed by atoms with van der Waals surface area (Å²) in [6.07, 6.45) is 2.38. The van der Waals surface area contributed by atoms with Crippen LogP contribution in [0.25, 0.3) is 0 Å². The second-order valence-electron chi connectivity index (χ2n) is 11.5. The first-order valence-corrected chi connectivity index (χ1v) is 14.7. The van der Waals surface area contributed by atoms with Crippen molar-refractivity contribution in [2.45, 2.75) is 70.1 Å². The Hall–Kier alpha value is -2.48. The minimum absolute atomic E-state index is 0.0965. The molecule has 4 rings (SSSR count). The van der Waals surface area contributed by atoms with Crippen LogP contribution in [0.5, 0.6) is 0 Å². The van der Waals surface area contributed by atoms with Gasteiger partial charge in [-0.1, -0.05) is 40.9 Å². The van der Waals surface area contributed by atoms with Crippen LogP contribution in [-0.2, 0) is 9.53 Å². The number of hydrogen-bond acceptors (Lipinski definition) is 4. The zero-order valence-corrected chi connectivity index (χ0v) is 25.6. The first-order chi connectivity index (χ1) is 18.9. The summed E-state index contributed by atoms with van der Waals surface area (Å²) in [6, 6.07) is 11.5. The lowest BCUT2D eigenvalue weighted by atomic mass is 9.84. The highest BCUT2D eigenvalue weighted by atomic mass is 35.5. The number of benzene rings is 2. The number of ether oxygens (including phenoxy) is 1. The van der Waals surface area contributed by atoms with Gasteiger partial charge in [0.15, 0.2) is 0 Å². The molecule has 2 aromatic rings. The fraction of sp³-hybridized carbons (Fsp3) is 0.500. The monoisotopic (exact) mass is 607 g/mol. The van der Waals surface area contributed by atoms with Crippen molar-refractivity contribution in [3.63, 3.8) is 0 Å². The Bertz CT molecular complexity index is 1250. The van der Waals surface area contributed by atoms with Gasteiger partial charge in [-0.15, -0.1) is 0 Å². The lowest BCUT2D eigenvalue weighted by molar-refractivity contribution is -0.140. The Labute approximate surface area is 251 Å². The van der Waals surface area contributed by atoms with Gasteiger partial charge in [-0.05, 0) is 88.4 Å². The maximum atomic E-state index is 13.9. The van der Waals surface area contributed by atoms with Crippen molar-refractivity contribution in [2.24, 2.45) is 0 Å². The molecule has 2 aliphatic rings. The average Bonchev–Trinajstić information content (AvgIpc) is 2.92. The van der Waals surface area contributed by atoms with Gasteiger partial charge in [0.25, 0.3) is 5.91 Å². The molecule has 1 unspecified atom stereocenters. The Morgan fingerprint density at radius 2 is 1.62 bits per heavy atom. The first kappa shape index (κ1) is 30.5. The molecule has 2 aromatic carbocycles. The van der Waals surface area contributed by atoms with Gasteiger partial charge in [-0.3, -0.25) is 14.5 Å². The maximum Gasteiger partial charge on any atom is 0.410 e. The fourth-order valence-electron chi connectivity index (χ4n) is 5.56. The van der Waals surface area contributed by atoms with Crippen molar-refractivity contribution >= 4 is 52.7 Å². The normalized spacial score (nSPS) is 21.6. The number of amides is 3. The molecule has 0 aromatic heterocycles. The third-order valence-corrected chi connectivity index (χ3v) is 8.58. The lowest BCUT2D eigenvalue weighted by Gasteiger charge is -2.45. The highest BCUT2D eigenvalue weighted by Gasteiger charge is 2.42. The van der Waals surface area contributed by atoms with Crippen molar-refractivity contribution in [1.82, 2.24) is 14.7 Å². The van der Waals surface area contributed by atoms with Crippen LogP contribution in [0, 0.1) is 0 Å². The van der Waals surface area contributed by atoms with Gasteiger partial charge in [0, 0.05) is 49.2 Å². The molecule has 3 atom stereocenters. The molecular weight excluding hydrogens is 573 g/mol. The molecule has 216 valence electrons. The molecular formula is C30H36Cl3N3O4. The molecule has 2 aliphatic heterocycles. The quantitative estimate of drug-likeness (QED) is 0.379. The van der Waals surface area contributed by atoms with E-state index in [1.807, 2.05) is 37.8 Å². The summed E-state index contributed by atoms with van der Waals surface area (Å²) >= 11 is 18.6. The van der Waals surface area contributed by atoms with Crippen molar-refractivity contribution < 1.29 is 19.1 Å². The summed E-state index contributed by atoms with van der Waals surface area (Å²) in [6.45, 7) is 6.77. The molecule has 7 nitrogen and oxygen atoms in total. The number of halogens is 3. The maximum absolute atomic E-state index is 13.9. The van der Waals surface area contributed by atoms with Crippen LogP contribution in [0.15, 0.2) is 42.5 Å². The van der Waals surface area contributed by atoms with E-state index in [1.54, 1.807) is 47.2 Å². The van der Waals surface area contributed by atoms with Gasteiger partial charge in [0.1, 0.15) is 11.6 Å². The molecule has 2 fully saturated rings. The standard InChI is InChI=1S/C30H36Cl3N3O4/c1-30(2,3)40-29(39)36-15-6-5-7-26(36)28(38)35-16-14-25(22(18-35)20-10-13-23(32)24(33)17-20)34(4)27(37)19-8-11-21(31)12-9-19/h8-13,17,22,25-26H,5-7,14-16,18H2,1-4H3/t22-,25+,26?/m0/s1. The van der Waals surface area contributed by atoms with Crippen molar-refractivity contribution in [2.75, 3.05) is 26.7 Å². The third kappa shape index (κ3) is 7.04. The van der Waals surface area contributed by atoms with E-state index in [2.05, 4.69) is 0 Å². The van der Waals surface area contributed by atoms with Crippen LogP contribution < -0.4 is 0 Å². The largest absolute Gasteiger partial charge is 0.444 e. The van der Waals surface area contributed by atoms with E-state index < -0.39 is 17.7 Å². The van der Waals surface area contributed by atoms with Crippen LogP contribution in [0.3, 0.4) is 0 Å². The average molecular weight is 609 g/mol. The summed E-state index contributed by atoms with van der Waals surface area (Å²) < 4.78 is 5.62. The molecule has 3 amide bonds. The topological polar surface area (TPSA) is 70.2 Å². The molecule has 0 saturated carbocycles. The Morgan fingerprint density at radius 3 is 2.27 bits per heavy atom. The Balaban J connectivity index is 1.59. The van der Waals surface area contributed by atoms with E-state index in [9.17, 15) is 14.4 Å². The number of piperidine rings is 2. The summed E-state index contributed by atoms with van der Waals surface area (Å²) in [5, 5.41) is 1.41. The molecule has 0 N–H and O–H groups in total. The second-order valence-corrected chi connectivity index (χ2v) is 12.8. The van der Waals surface area contributed by atoms with Gasteiger partial charge in [0.2, 0.25) is 5.91 Å². The molecule has 0 spiro atoms. The zero-order chi connectivity index (χ0) is 29.2. The van der Waals surface area contributed by atoms with Gasteiger partial charge >= 0.3 is 6.09 Å². The predicted molar refractivity (Wildman–Crippen MR) is 158 cm³/mol. The number of rotatable bonds is 4. The lowest BCUT2D eigenvalue weighted by Crippen LogP contribution is -2.58. The Kier molecular flexibility index (Phi) is 9.59. The zero-order valence-electron chi connectivity index (χ0n) is 23.3. The van der Waals surface area contributed by atoms with Gasteiger partial charge < -0.3 is 14.5 Å². The number of carbonyl (C=O) groups is 3. The first-order valence-electron chi connectivity index (χ1n) is 13.6. The number of likely N-dealkylation sites (tertiary alicyclic amines) is 2. The number of likely N-dealkylation sites (N-methyl/N-ethyl adjacent to an activating group) is 1.